The first-order chi connectivity index (χ1) is 40.7. The number of carbonyl (C=O) groups excluding carboxylic acids is 2. The topological polar surface area (TPSA) is 175 Å². The molecule has 0 aromatic rings. The summed E-state index contributed by atoms with van der Waals surface area (Å²) in [5.74, 6) is -0.201. The minimum Gasteiger partial charge on any atom is -0.466 e. The normalized spacial score (nSPS) is 18.6. The quantitative estimate of drug-likeness (QED) is 0.0195. The number of aliphatic hydroxyl groups excluding tert-OH is 5. The highest BCUT2D eigenvalue weighted by atomic mass is 16.7. The van der Waals surface area contributed by atoms with Gasteiger partial charge < -0.3 is 45.1 Å². The van der Waals surface area contributed by atoms with Crippen LogP contribution >= 0.6 is 0 Å². The van der Waals surface area contributed by atoms with E-state index >= 15 is 0 Å². The van der Waals surface area contributed by atoms with Crippen LogP contribution < -0.4 is 5.32 Å². The number of carbonyl (C=O) groups is 2. The molecular weight excluding hydrogens is 1040 g/mol. The molecule has 0 aromatic carbocycles. The zero-order valence-corrected chi connectivity index (χ0v) is 53.4. The smallest absolute Gasteiger partial charge is 0.305 e. The van der Waals surface area contributed by atoms with Gasteiger partial charge in [-0.3, -0.25) is 9.59 Å². The maximum atomic E-state index is 13.0. The van der Waals surface area contributed by atoms with E-state index in [1.54, 1.807) is 6.08 Å². The van der Waals surface area contributed by atoms with Gasteiger partial charge in [0, 0.05) is 12.8 Å². The van der Waals surface area contributed by atoms with Gasteiger partial charge in [-0.1, -0.05) is 260 Å². The first kappa shape index (κ1) is 78.1. The maximum Gasteiger partial charge on any atom is 0.305 e. The van der Waals surface area contributed by atoms with Crippen LogP contribution in [-0.4, -0.2) is 100 Å². The summed E-state index contributed by atoms with van der Waals surface area (Å²) in [4.78, 5) is 25.0. The Kier molecular flexibility index (Phi) is 57.2. The third-order valence-corrected chi connectivity index (χ3v) is 16.1. The Bertz CT molecular complexity index is 1610. The molecule has 0 aliphatic carbocycles. The average Bonchev–Trinajstić information content (AvgIpc) is 3.64. The number of amides is 1. The fraction of sp³-hybridized carbons (Fsp3) is 0.806. The van der Waals surface area contributed by atoms with Crippen molar-refractivity contribution in [1.82, 2.24) is 5.32 Å². The van der Waals surface area contributed by atoms with E-state index in [9.17, 15) is 35.1 Å². The van der Waals surface area contributed by atoms with Gasteiger partial charge in [0.25, 0.3) is 0 Å². The van der Waals surface area contributed by atoms with E-state index < -0.39 is 49.5 Å². The Balaban J connectivity index is 1.93. The first-order valence-electron chi connectivity index (χ1n) is 34.7. The molecule has 1 heterocycles. The van der Waals surface area contributed by atoms with Crippen molar-refractivity contribution in [3.63, 3.8) is 0 Å². The van der Waals surface area contributed by atoms with E-state index in [-0.39, 0.29) is 18.5 Å². The molecule has 0 spiro atoms. The summed E-state index contributed by atoms with van der Waals surface area (Å²) in [6.45, 7) is 4.08. The Labute approximate surface area is 509 Å². The summed E-state index contributed by atoms with van der Waals surface area (Å²) in [5, 5.41) is 54.2. The molecule has 1 aliphatic heterocycles. The lowest BCUT2D eigenvalue weighted by Gasteiger charge is -2.40. The standard InChI is InChI=1S/C72H129NO10/c1-3-5-7-9-11-13-14-36-40-44-48-52-56-60-68(77)81-61-57-53-49-45-41-38-35-33-31-29-27-25-23-21-19-17-15-16-18-20-22-24-26-28-30-32-34-37-39-43-47-51-55-59-67(76)73-64(65(75)58-54-50-46-42-12-10-8-6-4-2)63-82-72-71(80)70(79)69(78)66(62-74)83-72/h4,6,12-14,19,21,25,27,42,54,58,64-66,69-72,74-75,78-80H,3,5,7-11,15-18,20,22-24,26,28-41,43-53,55-57,59-63H2,1-2H3,(H,73,76)/b6-4+,14-13-,21-19-,27-25-,42-12+,58-54+. The molecule has 1 amide bonds. The minimum absolute atomic E-state index is 0.00334. The van der Waals surface area contributed by atoms with E-state index in [0.29, 0.717) is 19.4 Å². The van der Waals surface area contributed by atoms with Crippen molar-refractivity contribution in [2.75, 3.05) is 19.8 Å². The Morgan fingerprint density at radius 2 is 0.867 bits per heavy atom. The van der Waals surface area contributed by atoms with Gasteiger partial charge in [0.1, 0.15) is 24.4 Å². The number of aliphatic hydroxyl groups is 5. The SMILES string of the molecule is C/C=C/CC/C=C/CC/C=C/C(O)C(COC1OC(CO)C(O)C(O)C1O)NC(=O)CCCCCCCCCCCCCCCCCCC/C=C\C/C=C\CCCCCCCCCCCOC(=O)CCCCCCC/C=C\CCCCCC. The highest BCUT2D eigenvalue weighted by Crippen LogP contribution is 2.23. The van der Waals surface area contributed by atoms with Gasteiger partial charge in [0.05, 0.1) is 32.0 Å². The highest BCUT2D eigenvalue weighted by molar-refractivity contribution is 5.76. The van der Waals surface area contributed by atoms with Gasteiger partial charge in [0.2, 0.25) is 5.91 Å². The van der Waals surface area contributed by atoms with Gasteiger partial charge in [-0.05, 0) is 110 Å². The molecule has 7 unspecified atom stereocenters. The number of esters is 1. The summed E-state index contributed by atoms with van der Waals surface area (Å²) < 4.78 is 16.7. The van der Waals surface area contributed by atoms with Crippen molar-refractivity contribution >= 4 is 11.9 Å². The van der Waals surface area contributed by atoms with Crippen LogP contribution in [0.4, 0.5) is 0 Å². The number of allylic oxidation sites excluding steroid dienone is 11. The lowest BCUT2D eigenvalue weighted by atomic mass is 9.99. The summed E-state index contributed by atoms with van der Waals surface area (Å²) in [7, 11) is 0. The van der Waals surface area contributed by atoms with Gasteiger partial charge in [0.15, 0.2) is 6.29 Å². The zero-order chi connectivity index (χ0) is 60.2. The van der Waals surface area contributed by atoms with Crippen LogP contribution in [0.5, 0.6) is 0 Å². The predicted octanol–water partition coefficient (Wildman–Crippen LogP) is 17.5. The van der Waals surface area contributed by atoms with Gasteiger partial charge in [-0.25, -0.2) is 0 Å². The number of nitrogens with one attached hydrogen (secondary N) is 1. The fourth-order valence-corrected chi connectivity index (χ4v) is 10.6. The molecule has 1 fully saturated rings. The number of unbranched alkanes of at least 4 members (excludes halogenated alkanes) is 37. The second-order valence-electron chi connectivity index (χ2n) is 23.9. The molecule has 1 rings (SSSR count). The largest absolute Gasteiger partial charge is 0.466 e. The summed E-state index contributed by atoms with van der Waals surface area (Å²) >= 11 is 0. The molecule has 0 saturated carbocycles. The van der Waals surface area contributed by atoms with Crippen molar-refractivity contribution in [1.29, 1.82) is 0 Å². The molecule has 0 bridgehead atoms. The zero-order valence-electron chi connectivity index (χ0n) is 53.4. The van der Waals surface area contributed by atoms with Crippen LogP contribution in [0.2, 0.25) is 0 Å². The van der Waals surface area contributed by atoms with E-state index in [1.165, 1.54) is 212 Å². The molecule has 1 aliphatic rings. The van der Waals surface area contributed by atoms with E-state index in [2.05, 4.69) is 66.9 Å². The Hall–Kier alpha value is -2.90. The van der Waals surface area contributed by atoms with Crippen LogP contribution in [0.25, 0.3) is 0 Å². The van der Waals surface area contributed by atoms with Crippen LogP contribution in [0.1, 0.15) is 309 Å². The van der Waals surface area contributed by atoms with Crippen LogP contribution in [0.3, 0.4) is 0 Å². The van der Waals surface area contributed by atoms with Crippen LogP contribution in [0.15, 0.2) is 72.9 Å². The summed E-state index contributed by atoms with van der Waals surface area (Å²) in [6.07, 6.45) is 72.2. The van der Waals surface area contributed by atoms with E-state index in [4.69, 9.17) is 14.2 Å². The lowest BCUT2D eigenvalue weighted by Crippen LogP contribution is -2.60. The van der Waals surface area contributed by atoms with Gasteiger partial charge in [-0.2, -0.15) is 0 Å². The average molecular weight is 1170 g/mol. The molecule has 6 N–H and O–H groups in total. The molecule has 11 nitrogen and oxygen atoms in total. The third kappa shape index (κ3) is 49.9. The van der Waals surface area contributed by atoms with Crippen LogP contribution in [0, 0.1) is 0 Å². The fourth-order valence-electron chi connectivity index (χ4n) is 10.6. The molecule has 83 heavy (non-hydrogen) atoms. The third-order valence-electron chi connectivity index (χ3n) is 16.1. The molecule has 0 aromatic heterocycles. The van der Waals surface area contributed by atoms with Crippen molar-refractivity contribution in [3.05, 3.63) is 72.9 Å². The number of hydrogen-bond acceptors (Lipinski definition) is 10. The Morgan fingerprint density at radius 1 is 0.470 bits per heavy atom. The number of rotatable bonds is 60. The van der Waals surface area contributed by atoms with Crippen molar-refractivity contribution in [3.8, 4) is 0 Å². The second kappa shape index (κ2) is 60.8. The Morgan fingerprint density at radius 3 is 1.34 bits per heavy atom. The number of ether oxygens (including phenoxy) is 3. The lowest BCUT2D eigenvalue weighted by molar-refractivity contribution is -0.302. The van der Waals surface area contributed by atoms with Crippen molar-refractivity contribution in [2.45, 2.75) is 352 Å². The molecule has 0 radical (unpaired) electrons. The van der Waals surface area contributed by atoms with Crippen molar-refractivity contribution in [2.24, 2.45) is 0 Å². The summed E-state index contributed by atoms with van der Waals surface area (Å²) in [5.41, 5.74) is 0. The highest BCUT2D eigenvalue weighted by Gasteiger charge is 2.44. The second-order valence-corrected chi connectivity index (χ2v) is 23.9. The molecule has 1 saturated heterocycles. The monoisotopic (exact) mass is 1170 g/mol. The van der Waals surface area contributed by atoms with Gasteiger partial charge in [-0.15, -0.1) is 0 Å². The summed E-state index contributed by atoms with van der Waals surface area (Å²) in [6, 6.07) is -0.833. The van der Waals surface area contributed by atoms with E-state index in [1.807, 2.05) is 19.1 Å². The maximum absolute atomic E-state index is 13.0. The molecular formula is C72H129NO10. The molecule has 11 heteroatoms. The van der Waals surface area contributed by atoms with Crippen molar-refractivity contribution < 1.29 is 49.3 Å². The molecule has 482 valence electrons. The van der Waals surface area contributed by atoms with Gasteiger partial charge >= 0.3 is 5.97 Å². The predicted molar refractivity (Wildman–Crippen MR) is 347 cm³/mol. The van der Waals surface area contributed by atoms with Crippen LogP contribution in [-0.2, 0) is 23.8 Å². The molecule has 7 atom stereocenters. The minimum atomic E-state index is -1.58. The number of hydrogen-bond donors (Lipinski definition) is 6. The van der Waals surface area contributed by atoms with E-state index in [0.717, 1.165) is 70.6 Å². The first-order valence-corrected chi connectivity index (χ1v) is 34.7.